The fourth-order valence-electron chi connectivity index (χ4n) is 2.63. The summed E-state index contributed by atoms with van der Waals surface area (Å²) in [6.45, 7) is 7.21. The molecule has 1 aliphatic heterocycles. The molecule has 3 aromatic rings. The Bertz CT molecular complexity index is 1400. The molecule has 0 amide bonds. The van der Waals surface area contributed by atoms with E-state index >= 15 is 0 Å². The Morgan fingerprint density at radius 2 is 1.52 bits per heavy atom. The molecule has 0 aromatic heterocycles. The van der Waals surface area contributed by atoms with Gasteiger partial charge in [-0.2, -0.15) is 0 Å². The molecule has 0 unspecified atom stereocenters. The topological polar surface area (TPSA) is 18.5 Å². The smallest absolute Gasteiger partial charge is 0.399 e. The first-order chi connectivity index (χ1) is 16.0. The monoisotopic (exact) mass is 340 g/mol. The molecular formula is C22H23BO2. The highest BCUT2D eigenvalue weighted by atomic mass is 16.7. The quantitative estimate of drug-likeness (QED) is 0.624. The Balaban J connectivity index is 2.14. The van der Waals surface area contributed by atoms with Gasteiger partial charge in [-0.1, -0.05) is 66.5 Å². The molecule has 0 radical (unpaired) electrons. The lowest BCUT2D eigenvalue weighted by Crippen LogP contribution is -2.41. The number of fused-ring (bicyclic) bond motifs is 1. The summed E-state index contributed by atoms with van der Waals surface area (Å²) in [6, 6.07) is -3.59. The van der Waals surface area contributed by atoms with Gasteiger partial charge in [-0.3, -0.25) is 0 Å². The molecule has 0 atom stereocenters. The van der Waals surface area contributed by atoms with Gasteiger partial charge < -0.3 is 9.31 Å². The Kier molecular flexibility index (Phi) is 1.95. The Hall–Kier alpha value is -2.10. The minimum Gasteiger partial charge on any atom is -0.399 e. The SMILES string of the molecule is [2H]c1cc(-c2c([2H])c([2H])c([2H])c3c([2H])c([2H])c([2H])c([2H])c23)c([2H])c(B2OC(C)(C)C(C)(C)O2)c1[2H]. The maximum absolute atomic E-state index is 8.91. The maximum Gasteiger partial charge on any atom is 0.494 e. The average Bonchev–Trinajstić information content (AvgIpc) is 2.98. The second-order valence-corrected chi connectivity index (χ2v) is 6.95. The van der Waals surface area contributed by atoms with Gasteiger partial charge in [0.2, 0.25) is 0 Å². The van der Waals surface area contributed by atoms with E-state index < -0.39 is 60.6 Å². The first kappa shape index (κ1) is 8.53. The molecule has 4 rings (SSSR count). The summed E-state index contributed by atoms with van der Waals surface area (Å²) < 4.78 is 95.7. The maximum atomic E-state index is 8.91. The Morgan fingerprint density at radius 1 is 0.840 bits per heavy atom. The lowest BCUT2D eigenvalue weighted by atomic mass is 9.78. The summed E-state index contributed by atoms with van der Waals surface area (Å²) >= 11 is 0. The van der Waals surface area contributed by atoms with Gasteiger partial charge in [0.05, 0.1) is 24.9 Å². The van der Waals surface area contributed by atoms with E-state index in [0.29, 0.717) is 0 Å². The van der Waals surface area contributed by atoms with Crippen LogP contribution in [-0.2, 0) is 9.31 Å². The summed E-state index contributed by atoms with van der Waals surface area (Å²) in [6.07, 6.45) is 0. The molecular weight excluding hydrogens is 307 g/mol. The molecule has 126 valence electrons. The number of hydrogen-bond acceptors (Lipinski definition) is 2. The van der Waals surface area contributed by atoms with E-state index in [2.05, 4.69) is 0 Å². The van der Waals surface area contributed by atoms with E-state index in [9.17, 15) is 0 Å². The van der Waals surface area contributed by atoms with Crippen molar-refractivity contribution in [2.24, 2.45) is 0 Å². The van der Waals surface area contributed by atoms with Crippen molar-refractivity contribution in [2.75, 3.05) is 0 Å². The van der Waals surface area contributed by atoms with E-state index in [0.717, 1.165) is 6.07 Å². The molecule has 0 N–H and O–H groups in total. The predicted molar refractivity (Wildman–Crippen MR) is 105 cm³/mol. The molecule has 1 fully saturated rings. The van der Waals surface area contributed by atoms with Crippen LogP contribution in [0.5, 0.6) is 0 Å². The van der Waals surface area contributed by atoms with Crippen LogP contribution in [0.15, 0.2) is 66.5 Å². The van der Waals surface area contributed by atoms with Gasteiger partial charge in [0.25, 0.3) is 0 Å². The van der Waals surface area contributed by atoms with Crippen LogP contribution in [0, 0.1) is 0 Å². The normalized spacial score (nSPS) is 24.2. The van der Waals surface area contributed by atoms with Gasteiger partial charge >= 0.3 is 7.12 Å². The molecule has 1 heterocycles. The molecule has 1 aliphatic rings. The lowest BCUT2D eigenvalue weighted by Gasteiger charge is -2.32. The summed E-state index contributed by atoms with van der Waals surface area (Å²) in [4.78, 5) is 0. The molecule has 3 heteroatoms. The van der Waals surface area contributed by atoms with Crippen LogP contribution in [0.25, 0.3) is 21.9 Å². The van der Waals surface area contributed by atoms with Crippen molar-refractivity contribution < 1.29 is 23.0 Å². The highest BCUT2D eigenvalue weighted by Crippen LogP contribution is 2.37. The van der Waals surface area contributed by atoms with Crippen molar-refractivity contribution in [3.8, 4) is 11.1 Å². The van der Waals surface area contributed by atoms with Crippen molar-refractivity contribution in [1.29, 1.82) is 0 Å². The third kappa shape index (κ3) is 2.78. The van der Waals surface area contributed by atoms with Crippen LogP contribution in [0.4, 0.5) is 0 Å². The molecule has 0 bridgehead atoms. The summed E-state index contributed by atoms with van der Waals surface area (Å²) in [5.74, 6) is 0. The van der Waals surface area contributed by atoms with Gasteiger partial charge in [0.15, 0.2) is 0 Å². The van der Waals surface area contributed by atoms with Crippen molar-refractivity contribution in [2.45, 2.75) is 38.9 Å². The van der Waals surface area contributed by atoms with Gasteiger partial charge in [-0.15, -0.1) is 0 Å². The van der Waals surface area contributed by atoms with Crippen LogP contribution in [0.2, 0.25) is 0 Å². The van der Waals surface area contributed by atoms with Crippen LogP contribution in [0.1, 0.15) is 41.4 Å². The van der Waals surface area contributed by atoms with Crippen molar-refractivity contribution in [3.63, 3.8) is 0 Å². The Morgan fingerprint density at radius 3 is 2.28 bits per heavy atom. The van der Waals surface area contributed by atoms with Gasteiger partial charge in [-0.25, -0.2) is 0 Å². The third-order valence-corrected chi connectivity index (χ3v) is 4.76. The van der Waals surface area contributed by atoms with E-state index in [4.69, 9.17) is 23.0 Å². The van der Waals surface area contributed by atoms with Crippen LogP contribution in [0.3, 0.4) is 0 Å². The molecule has 1 saturated heterocycles. The second-order valence-electron chi connectivity index (χ2n) is 6.95. The standard InChI is InChI=1S/C22H23BO2/c1-21(2)22(3,4)25-23(24-21)18-12-7-11-17(15-18)20-14-8-10-16-9-5-6-13-19(16)20/h5-15H,1-4H3/i5D,6D,7D,8D,9D,10D,12D,13D,14D,15D. The minimum absolute atomic E-state index is 0.0546. The fourth-order valence-corrected chi connectivity index (χ4v) is 2.63. The highest BCUT2D eigenvalue weighted by Gasteiger charge is 2.51. The predicted octanol–water partition coefficient (Wildman–Crippen LogP) is 4.81. The Labute approximate surface area is 164 Å². The fraction of sp³-hybridized carbons (Fsp3) is 0.273. The zero-order valence-electron chi connectivity index (χ0n) is 24.5. The third-order valence-electron chi connectivity index (χ3n) is 4.76. The number of rotatable bonds is 2. The summed E-state index contributed by atoms with van der Waals surface area (Å²) in [7, 11) is -1.16. The van der Waals surface area contributed by atoms with Gasteiger partial charge in [-0.05, 0) is 55.1 Å². The van der Waals surface area contributed by atoms with Crippen LogP contribution in [-0.4, -0.2) is 18.3 Å². The van der Waals surface area contributed by atoms with Crippen molar-refractivity contribution in [3.05, 3.63) is 66.5 Å². The molecule has 2 nitrogen and oxygen atoms in total. The number of hydrogen-bond donors (Lipinski definition) is 0. The average molecular weight is 340 g/mol. The van der Waals surface area contributed by atoms with Gasteiger partial charge in [0, 0.05) is 0 Å². The van der Waals surface area contributed by atoms with Crippen molar-refractivity contribution >= 4 is 23.4 Å². The second kappa shape index (κ2) is 5.72. The van der Waals surface area contributed by atoms with E-state index in [1.54, 1.807) is 27.7 Å². The molecule has 0 spiro atoms. The van der Waals surface area contributed by atoms with Gasteiger partial charge in [0.1, 0.15) is 0 Å². The first-order valence-corrected chi connectivity index (χ1v) is 8.00. The van der Waals surface area contributed by atoms with Crippen LogP contribution >= 0.6 is 0 Å². The zero-order chi connectivity index (χ0) is 26.4. The lowest BCUT2D eigenvalue weighted by molar-refractivity contribution is 0.00578. The van der Waals surface area contributed by atoms with E-state index in [1.807, 2.05) is 0 Å². The van der Waals surface area contributed by atoms with Crippen molar-refractivity contribution in [1.82, 2.24) is 0 Å². The highest BCUT2D eigenvalue weighted by molar-refractivity contribution is 6.62. The molecule has 25 heavy (non-hydrogen) atoms. The zero-order valence-corrected chi connectivity index (χ0v) is 14.5. The molecule has 0 saturated carbocycles. The summed E-state index contributed by atoms with van der Waals surface area (Å²) in [5, 5.41) is -0.433. The first-order valence-electron chi connectivity index (χ1n) is 13.0. The van der Waals surface area contributed by atoms with Crippen LogP contribution < -0.4 is 5.46 Å². The number of benzene rings is 3. The van der Waals surface area contributed by atoms with E-state index in [-0.39, 0.29) is 45.5 Å². The minimum atomic E-state index is -1.16. The molecule has 0 aliphatic carbocycles. The largest absolute Gasteiger partial charge is 0.494 e. The molecule has 3 aromatic carbocycles. The van der Waals surface area contributed by atoms with E-state index in [1.165, 1.54) is 0 Å². The summed E-state index contributed by atoms with van der Waals surface area (Å²) in [5.41, 5.74) is -1.89.